The van der Waals surface area contributed by atoms with Crippen LogP contribution in [0.25, 0.3) is 0 Å². The lowest BCUT2D eigenvalue weighted by Crippen LogP contribution is -2.36. The molecule has 9 heteroatoms. The maximum Gasteiger partial charge on any atom is 0.421 e. The predicted octanol–water partition coefficient (Wildman–Crippen LogP) is 2.94. The lowest BCUT2D eigenvalue weighted by Gasteiger charge is -2.19. The summed E-state index contributed by atoms with van der Waals surface area (Å²) in [6.45, 7) is 4.58. The van der Waals surface area contributed by atoms with Gasteiger partial charge in [0.1, 0.15) is 22.1 Å². The summed E-state index contributed by atoms with van der Waals surface area (Å²) >= 11 is 2.72. The van der Waals surface area contributed by atoms with Gasteiger partial charge in [-0.15, -0.1) is 0 Å². The van der Waals surface area contributed by atoms with Crippen molar-refractivity contribution in [2.24, 2.45) is 0 Å². The first kappa shape index (κ1) is 16.8. The summed E-state index contributed by atoms with van der Waals surface area (Å²) in [5, 5.41) is 0. The lowest BCUT2D eigenvalue weighted by molar-refractivity contribution is 0.0570. The Hall–Kier alpha value is -1.22. The maximum absolute atomic E-state index is 13.5. The molecule has 0 saturated carbocycles. The van der Waals surface area contributed by atoms with Crippen molar-refractivity contribution >= 4 is 32.0 Å². The van der Waals surface area contributed by atoms with Gasteiger partial charge in [0.2, 0.25) is 0 Å². The molecule has 0 fully saturated rings. The number of amides is 1. The van der Waals surface area contributed by atoms with Crippen molar-refractivity contribution in [2.45, 2.75) is 31.3 Å². The van der Waals surface area contributed by atoms with Gasteiger partial charge in [-0.25, -0.2) is 26.7 Å². The van der Waals surface area contributed by atoms with Gasteiger partial charge in [-0.3, -0.25) is 0 Å². The van der Waals surface area contributed by atoms with Gasteiger partial charge in [-0.1, -0.05) is 0 Å². The van der Waals surface area contributed by atoms with Crippen molar-refractivity contribution in [3.05, 3.63) is 28.2 Å². The zero-order valence-corrected chi connectivity index (χ0v) is 13.2. The topological polar surface area (TPSA) is 72.5 Å². The molecule has 0 saturated heterocycles. The second-order valence-corrected chi connectivity index (χ2v) is 7.31. The Bertz CT molecular complexity index is 641. The first-order valence-electron chi connectivity index (χ1n) is 5.33. The molecule has 0 aliphatic heterocycles. The minimum atomic E-state index is -4.56. The van der Waals surface area contributed by atoms with Crippen LogP contribution in [0.1, 0.15) is 20.8 Å². The Morgan fingerprint density at radius 3 is 2.30 bits per heavy atom. The lowest BCUT2D eigenvalue weighted by atomic mass is 10.2. The number of sulfonamides is 1. The van der Waals surface area contributed by atoms with E-state index in [4.69, 9.17) is 4.74 Å². The summed E-state index contributed by atoms with van der Waals surface area (Å²) in [5.74, 6) is -2.18. The van der Waals surface area contributed by atoms with E-state index in [1.165, 1.54) is 25.5 Å². The molecule has 0 bridgehead atoms. The maximum atomic E-state index is 13.5. The van der Waals surface area contributed by atoms with Crippen molar-refractivity contribution in [1.29, 1.82) is 0 Å². The molecule has 0 heterocycles. The van der Waals surface area contributed by atoms with Crippen LogP contribution in [0.3, 0.4) is 0 Å². The van der Waals surface area contributed by atoms with Crippen LogP contribution >= 0.6 is 15.9 Å². The summed E-state index contributed by atoms with van der Waals surface area (Å²) in [4.78, 5) is 10.4. The number of hydrogen-bond acceptors (Lipinski definition) is 4. The summed E-state index contributed by atoms with van der Waals surface area (Å²) in [5.41, 5.74) is -0.927. The van der Waals surface area contributed by atoms with Crippen LogP contribution in [0.15, 0.2) is 21.5 Å². The smallest absolute Gasteiger partial charge is 0.421 e. The standard InChI is InChI=1S/C11H12BrF2NO4S/c1-11(2,3)19-10(16)15-20(17,18)9-5-7(13)6(12)4-8(9)14/h4-5H,1-3H3,(H,15,16). The Balaban J connectivity index is 3.07. The number of nitrogens with one attached hydrogen (secondary N) is 1. The van der Waals surface area contributed by atoms with Crippen LogP contribution in [0.2, 0.25) is 0 Å². The van der Waals surface area contributed by atoms with E-state index >= 15 is 0 Å². The van der Waals surface area contributed by atoms with Gasteiger partial charge in [0, 0.05) is 0 Å². The molecular formula is C11H12BrF2NO4S. The molecule has 1 aromatic rings. The first-order chi connectivity index (χ1) is 8.92. The zero-order valence-electron chi connectivity index (χ0n) is 10.8. The van der Waals surface area contributed by atoms with E-state index in [-0.39, 0.29) is 4.47 Å². The minimum absolute atomic E-state index is 0.230. The van der Waals surface area contributed by atoms with Crippen LogP contribution < -0.4 is 4.72 Å². The Kier molecular flexibility index (Phi) is 4.75. The summed E-state index contributed by atoms with van der Waals surface area (Å²) in [7, 11) is -4.56. The number of rotatable bonds is 2. The molecule has 1 rings (SSSR count). The van der Waals surface area contributed by atoms with Crippen LogP contribution in [-0.2, 0) is 14.8 Å². The fourth-order valence-electron chi connectivity index (χ4n) is 1.17. The molecule has 1 amide bonds. The third-order valence-corrected chi connectivity index (χ3v) is 3.82. The van der Waals surface area contributed by atoms with E-state index in [9.17, 15) is 22.0 Å². The monoisotopic (exact) mass is 371 g/mol. The largest absolute Gasteiger partial charge is 0.443 e. The highest BCUT2D eigenvalue weighted by Gasteiger charge is 2.26. The molecule has 0 aliphatic carbocycles. The fourth-order valence-corrected chi connectivity index (χ4v) is 2.43. The first-order valence-corrected chi connectivity index (χ1v) is 7.60. The van der Waals surface area contributed by atoms with E-state index in [0.717, 1.165) is 0 Å². The second-order valence-electron chi connectivity index (χ2n) is 4.80. The molecule has 20 heavy (non-hydrogen) atoms. The number of carbonyl (C=O) groups is 1. The molecule has 0 unspecified atom stereocenters. The summed E-state index contributed by atoms with van der Waals surface area (Å²) in [6, 6.07) is 1.12. The van der Waals surface area contributed by atoms with Crippen molar-refractivity contribution < 1.29 is 26.7 Å². The molecule has 1 N–H and O–H groups in total. The second kappa shape index (κ2) is 5.65. The van der Waals surface area contributed by atoms with E-state index in [0.29, 0.717) is 12.1 Å². The highest BCUT2D eigenvalue weighted by atomic mass is 79.9. The molecule has 5 nitrogen and oxygen atoms in total. The molecule has 0 atom stereocenters. The van der Waals surface area contributed by atoms with Gasteiger partial charge in [0.25, 0.3) is 10.0 Å². The molecule has 0 radical (unpaired) electrons. The van der Waals surface area contributed by atoms with Crippen LogP contribution in [-0.4, -0.2) is 20.1 Å². The van der Waals surface area contributed by atoms with Gasteiger partial charge >= 0.3 is 6.09 Å². The van der Waals surface area contributed by atoms with Crippen molar-refractivity contribution in [3.8, 4) is 0 Å². The van der Waals surface area contributed by atoms with Gasteiger partial charge in [-0.2, -0.15) is 0 Å². The summed E-state index contributed by atoms with van der Waals surface area (Å²) < 4.78 is 56.4. The molecule has 0 spiro atoms. The zero-order chi connectivity index (χ0) is 15.7. The Morgan fingerprint density at radius 1 is 1.25 bits per heavy atom. The molecule has 0 aliphatic rings. The van der Waals surface area contributed by atoms with Crippen LogP contribution in [0.4, 0.5) is 13.6 Å². The van der Waals surface area contributed by atoms with E-state index in [1.54, 1.807) is 0 Å². The Labute approximate surface area is 123 Å². The van der Waals surface area contributed by atoms with Gasteiger partial charge in [-0.05, 0) is 48.8 Å². The van der Waals surface area contributed by atoms with Crippen molar-refractivity contribution in [3.63, 3.8) is 0 Å². The third-order valence-electron chi connectivity index (χ3n) is 1.88. The molecule has 1 aromatic carbocycles. The fraction of sp³-hybridized carbons (Fsp3) is 0.364. The average Bonchev–Trinajstić information content (AvgIpc) is 2.19. The molecular weight excluding hydrogens is 360 g/mol. The number of ether oxygens (including phenoxy) is 1. The van der Waals surface area contributed by atoms with Gasteiger partial charge < -0.3 is 4.74 Å². The van der Waals surface area contributed by atoms with Gasteiger partial charge in [0.05, 0.1) is 4.47 Å². The van der Waals surface area contributed by atoms with E-state index in [2.05, 4.69) is 15.9 Å². The Morgan fingerprint density at radius 2 is 1.80 bits per heavy atom. The normalized spacial score (nSPS) is 12.1. The quantitative estimate of drug-likeness (QED) is 0.811. The number of halogens is 3. The summed E-state index contributed by atoms with van der Waals surface area (Å²) in [6.07, 6.45) is -1.28. The highest BCUT2D eigenvalue weighted by molar-refractivity contribution is 9.10. The molecule has 112 valence electrons. The highest BCUT2D eigenvalue weighted by Crippen LogP contribution is 2.23. The van der Waals surface area contributed by atoms with Crippen molar-refractivity contribution in [1.82, 2.24) is 4.72 Å². The van der Waals surface area contributed by atoms with Gasteiger partial charge in [0.15, 0.2) is 0 Å². The van der Waals surface area contributed by atoms with E-state index in [1.807, 2.05) is 0 Å². The van der Waals surface area contributed by atoms with Crippen molar-refractivity contribution in [2.75, 3.05) is 0 Å². The number of benzene rings is 1. The average molecular weight is 372 g/mol. The predicted molar refractivity (Wildman–Crippen MR) is 70.6 cm³/mol. The molecule has 0 aromatic heterocycles. The van der Waals surface area contributed by atoms with Crippen LogP contribution in [0.5, 0.6) is 0 Å². The minimum Gasteiger partial charge on any atom is -0.443 e. The third kappa shape index (κ3) is 4.41. The van der Waals surface area contributed by atoms with E-state index < -0.39 is 38.2 Å². The number of hydrogen-bond donors (Lipinski definition) is 1. The van der Waals surface area contributed by atoms with Crippen LogP contribution in [0, 0.1) is 11.6 Å². The number of carbonyl (C=O) groups excluding carboxylic acids is 1. The SMILES string of the molecule is CC(C)(C)OC(=O)NS(=O)(=O)c1cc(F)c(Br)cc1F.